The van der Waals surface area contributed by atoms with Crippen LogP contribution >= 0.6 is 0 Å². The molecule has 2 heterocycles. The van der Waals surface area contributed by atoms with Gasteiger partial charge in [-0.1, -0.05) is 54.6 Å². The van der Waals surface area contributed by atoms with E-state index in [0.29, 0.717) is 13.1 Å². The number of methoxy groups -OCH3 is 1. The lowest BCUT2D eigenvalue weighted by molar-refractivity contribution is -0.144. The van der Waals surface area contributed by atoms with Gasteiger partial charge in [0, 0.05) is 49.9 Å². The first-order chi connectivity index (χ1) is 15.7. The number of nitrogens with zero attached hydrogens (tertiary/aromatic N) is 2. The second kappa shape index (κ2) is 8.65. The summed E-state index contributed by atoms with van der Waals surface area (Å²) in [6, 6.07) is 20.0. The highest BCUT2D eigenvalue weighted by Gasteiger charge is 2.32. The van der Waals surface area contributed by atoms with E-state index in [2.05, 4.69) is 57.2 Å². The van der Waals surface area contributed by atoms with Gasteiger partial charge in [-0.05, 0) is 22.4 Å². The van der Waals surface area contributed by atoms with Crippen LogP contribution in [0.4, 0.5) is 0 Å². The molecule has 0 bridgehead atoms. The molecule has 4 aromatic rings. The smallest absolute Gasteiger partial charge is 0.325 e. The molecule has 164 valence electrons. The molecule has 2 N–H and O–H groups in total. The van der Waals surface area contributed by atoms with Crippen LogP contribution in [0.3, 0.4) is 0 Å². The Bertz CT molecular complexity index is 1250. The van der Waals surface area contributed by atoms with E-state index in [1.165, 1.54) is 16.3 Å². The van der Waals surface area contributed by atoms with Gasteiger partial charge in [-0.3, -0.25) is 14.6 Å². The Morgan fingerprint density at radius 2 is 1.72 bits per heavy atom. The van der Waals surface area contributed by atoms with Crippen molar-refractivity contribution in [3.63, 3.8) is 0 Å². The van der Waals surface area contributed by atoms with Crippen LogP contribution in [0, 0.1) is 0 Å². The fourth-order valence-electron chi connectivity index (χ4n) is 4.88. The number of nitrogens with one attached hydrogen (secondary N) is 1. The van der Waals surface area contributed by atoms with Crippen LogP contribution in [0.25, 0.3) is 21.7 Å². The molecule has 0 radical (unpaired) electrons. The van der Waals surface area contributed by atoms with Gasteiger partial charge in [0.2, 0.25) is 0 Å². The summed E-state index contributed by atoms with van der Waals surface area (Å²) in [5, 5.41) is 13.5. The zero-order valence-electron chi connectivity index (χ0n) is 18.1. The van der Waals surface area contributed by atoms with Crippen molar-refractivity contribution < 1.29 is 14.6 Å². The number of rotatable bonds is 6. The molecule has 0 spiro atoms. The summed E-state index contributed by atoms with van der Waals surface area (Å²) >= 11 is 0. The summed E-state index contributed by atoms with van der Waals surface area (Å²) in [7, 11) is 1.62. The molecule has 6 nitrogen and oxygen atoms in total. The maximum absolute atomic E-state index is 12.3. The lowest BCUT2D eigenvalue weighted by Crippen LogP contribution is -2.48. The Hall–Kier alpha value is -3.35. The second-order valence-electron chi connectivity index (χ2n) is 8.32. The normalized spacial score (nSPS) is 16.4. The molecule has 1 saturated heterocycles. The molecule has 1 aliphatic rings. The number of hydrogen-bond donors (Lipinski definition) is 2. The molecule has 32 heavy (non-hydrogen) atoms. The number of para-hydroxylation sites is 1. The van der Waals surface area contributed by atoms with Crippen LogP contribution < -0.4 is 4.74 Å². The predicted molar refractivity (Wildman–Crippen MR) is 126 cm³/mol. The number of fused-ring (bicyclic) bond motifs is 2. The summed E-state index contributed by atoms with van der Waals surface area (Å²) < 4.78 is 5.43. The minimum Gasteiger partial charge on any atom is -0.495 e. The fraction of sp³-hybridized carbons (Fsp3) is 0.269. The summed E-state index contributed by atoms with van der Waals surface area (Å²) in [4.78, 5) is 20.0. The second-order valence-corrected chi connectivity index (χ2v) is 8.32. The van der Waals surface area contributed by atoms with Crippen LogP contribution in [-0.4, -0.2) is 59.1 Å². The van der Waals surface area contributed by atoms with Crippen LogP contribution in [0.5, 0.6) is 5.75 Å². The van der Waals surface area contributed by atoms with E-state index < -0.39 is 12.0 Å². The fourth-order valence-corrected chi connectivity index (χ4v) is 4.88. The third-order valence-corrected chi connectivity index (χ3v) is 6.50. The Labute approximate surface area is 187 Å². The summed E-state index contributed by atoms with van der Waals surface area (Å²) in [5.74, 6) is -0.103. The molecule has 5 rings (SSSR count). The third kappa shape index (κ3) is 3.72. The topological polar surface area (TPSA) is 68.8 Å². The molecule has 1 unspecified atom stereocenters. The van der Waals surface area contributed by atoms with Gasteiger partial charge >= 0.3 is 5.97 Å². The molecule has 6 heteroatoms. The van der Waals surface area contributed by atoms with E-state index >= 15 is 0 Å². The number of aliphatic carboxylic acids is 1. The zero-order valence-corrected chi connectivity index (χ0v) is 18.1. The summed E-state index contributed by atoms with van der Waals surface area (Å²) in [6.45, 7) is 3.95. The van der Waals surface area contributed by atoms with E-state index in [1.54, 1.807) is 7.11 Å². The van der Waals surface area contributed by atoms with Crippen molar-refractivity contribution in [2.45, 2.75) is 12.6 Å². The van der Waals surface area contributed by atoms with E-state index in [1.807, 2.05) is 24.4 Å². The lowest BCUT2D eigenvalue weighted by atomic mass is 10.0. The average Bonchev–Trinajstić information content (AvgIpc) is 3.24. The number of ether oxygens (including phenoxy) is 1. The minimum atomic E-state index is -0.823. The molecule has 0 aliphatic carbocycles. The maximum Gasteiger partial charge on any atom is 0.325 e. The van der Waals surface area contributed by atoms with Gasteiger partial charge in [-0.25, -0.2) is 0 Å². The van der Waals surface area contributed by atoms with Crippen LogP contribution in [0.1, 0.15) is 17.2 Å². The number of carboxylic acid groups (broad SMARTS) is 1. The number of H-pyrrole nitrogens is 1. The van der Waals surface area contributed by atoms with E-state index in [4.69, 9.17) is 4.74 Å². The van der Waals surface area contributed by atoms with Gasteiger partial charge in [-0.15, -0.1) is 0 Å². The number of benzene rings is 3. The average molecular weight is 430 g/mol. The number of carboxylic acids is 1. The van der Waals surface area contributed by atoms with Crippen LogP contribution in [0.2, 0.25) is 0 Å². The number of aromatic nitrogens is 1. The highest BCUT2D eigenvalue weighted by molar-refractivity contribution is 5.92. The molecule has 0 amide bonds. The van der Waals surface area contributed by atoms with Gasteiger partial charge in [0.05, 0.1) is 12.6 Å². The van der Waals surface area contributed by atoms with Crippen molar-refractivity contribution in [3.05, 3.63) is 78.0 Å². The molecular weight excluding hydrogens is 402 g/mol. The standard InChI is InChI=1S/C26H27N3O3/c1-32-23-11-5-10-21-22(16-27-24(21)23)25(26(30)31)29-14-12-28(13-15-29)17-19-8-4-7-18-6-2-3-9-20(18)19/h2-11,16,25,27H,12-15,17H2,1H3,(H,30,31). The maximum atomic E-state index is 12.3. The molecule has 3 aromatic carbocycles. The lowest BCUT2D eigenvalue weighted by Gasteiger charge is -2.37. The highest BCUT2D eigenvalue weighted by Crippen LogP contribution is 2.33. The Kier molecular flexibility index (Phi) is 5.55. The monoisotopic (exact) mass is 429 g/mol. The van der Waals surface area contributed by atoms with Gasteiger partial charge < -0.3 is 14.8 Å². The van der Waals surface area contributed by atoms with Gasteiger partial charge in [-0.2, -0.15) is 0 Å². The quantitative estimate of drug-likeness (QED) is 0.479. The van der Waals surface area contributed by atoms with Crippen molar-refractivity contribution in [2.75, 3.05) is 33.3 Å². The molecule has 1 aliphatic heterocycles. The molecular formula is C26H27N3O3. The van der Waals surface area contributed by atoms with Gasteiger partial charge in [0.25, 0.3) is 0 Å². The van der Waals surface area contributed by atoms with E-state index in [-0.39, 0.29) is 0 Å². The van der Waals surface area contributed by atoms with Crippen molar-refractivity contribution in [1.82, 2.24) is 14.8 Å². The number of aromatic amines is 1. The number of carbonyl (C=O) groups is 1. The van der Waals surface area contributed by atoms with Gasteiger partial charge in [0.1, 0.15) is 11.8 Å². The number of hydrogen-bond acceptors (Lipinski definition) is 4. The highest BCUT2D eigenvalue weighted by atomic mass is 16.5. The summed E-state index contributed by atoms with van der Waals surface area (Å²) in [5.41, 5.74) is 2.94. The summed E-state index contributed by atoms with van der Waals surface area (Å²) in [6.07, 6.45) is 1.81. The third-order valence-electron chi connectivity index (χ3n) is 6.50. The first-order valence-corrected chi connectivity index (χ1v) is 11.0. The number of piperazine rings is 1. The van der Waals surface area contributed by atoms with E-state index in [0.717, 1.165) is 41.9 Å². The Balaban J connectivity index is 1.34. The van der Waals surface area contributed by atoms with Crippen molar-refractivity contribution >= 4 is 27.6 Å². The Morgan fingerprint density at radius 1 is 1.00 bits per heavy atom. The molecule has 0 saturated carbocycles. The van der Waals surface area contributed by atoms with Gasteiger partial charge in [0.15, 0.2) is 0 Å². The van der Waals surface area contributed by atoms with E-state index in [9.17, 15) is 9.90 Å². The molecule has 1 fully saturated rings. The van der Waals surface area contributed by atoms with Crippen LogP contribution in [0.15, 0.2) is 66.9 Å². The van der Waals surface area contributed by atoms with Crippen molar-refractivity contribution in [2.24, 2.45) is 0 Å². The van der Waals surface area contributed by atoms with Crippen molar-refractivity contribution in [3.8, 4) is 5.75 Å². The SMILES string of the molecule is COc1cccc2c(C(C(=O)O)N3CCN(Cc4cccc5ccccc45)CC3)c[nH]c12. The van der Waals surface area contributed by atoms with Crippen LogP contribution in [-0.2, 0) is 11.3 Å². The minimum absolute atomic E-state index is 0.685. The van der Waals surface area contributed by atoms with Crippen molar-refractivity contribution in [1.29, 1.82) is 0 Å². The largest absolute Gasteiger partial charge is 0.495 e. The first-order valence-electron chi connectivity index (χ1n) is 11.0. The molecule has 1 aromatic heterocycles. The molecule has 1 atom stereocenters. The zero-order chi connectivity index (χ0) is 22.1. The Morgan fingerprint density at radius 3 is 2.50 bits per heavy atom. The predicted octanol–water partition coefficient (Wildman–Crippen LogP) is 4.27. The first kappa shape index (κ1) is 20.5.